The fourth-order valence-electron chi connectivity index (χ4n) is 3.53. The molecule has 1 aromatic heterocycles. The number of hydrogen-bond donors (Lipinski definition) is 0. The fraction of sp³-hybridized carbons (Fsp3) is 0.438. The molecule has 1 aromatic carbocycles. The highest BCUT2D eigenvalue weighted by Gasteiger charge is 2.43. The van der Waals surface area contributed by atoms with E-state index in [1.807, 2.05) is 23.1 Å². The molecule has 5 heteroatoms. The average molecular weight is 346 g/mol. The Balaban J connectivity index is 1.61. The number of carbonyl (C=O) groups is 1. The fourth-order valence-corrected chi connectivity index (χ4v) is 3.91. The van der Waals surface area contributed by atoms with Crippen molar-refractivity contribution in [2.45, 2.75) is 31.7 Å². The number of rotatable bonds is 1. The molecule has 1 amide bonds. The van der Waals surface area contributed by atoms with Crippen LogP contribution in [-0.4, -0.2) is 33.4 Å². The van der Waals surface area contributed by atoms with E-state index < -0.39 is 0 Å². The number of fused-ring (bicyclic) bond motifs is 2. The molecule has 2 heterocycles. The van der Waals surface area contributed by atoms with E-state index in [9.17, 15) is 4.79 Å². The van der Waals surface area contributed by atoms with Crippen molar-refractivity contribution >= 4 is 32.7 Å². The molecular formula is C16H16BrN3O. The molecule has 0 spiro atoms. The van der Waals surface area contributed by atoms with Crippen molar-refractivity contribution in [1.82, 2.24) is 14.9 Å². The van der Waals surface area contributed by atoms with Gasteiger partial charge in [-0.3, -0.25) is 4.79 Å². The number of benzene rings is 1. The number of aromatic nitrogens is 2. The van der Waals surface area contributed by atoms with Gasteiger partial charge in [0.1, 0.15) is 0 Å². The minimum absolute atomic E-state index is 0.0111. The lowest BCUT2D eigenvalue weighted by molar-refractivity contribution is -0.00455. The summed E-state index contributed by atoms with van der Waals surface area (Å²) in [6.07, 6.45) is 6.68. The first-order valence-corrected chi connectivity index (χ1v) is 8.25. The van der Waals surface area contributed by atoms with Gasteiger partial charge in [-0.15, -0.1) is 0 Å². The van der Waals surface area contributed by atoms with Gasteiger partial charge in [0.25, 0.3) is 5.91 Å². The van der Waals surface area contributed by atoms with Crippen LogP contribution in [0.3, 0.4) is 0 Å². The minimum atomic E-state index is -0.0111. The zero-order valence-electron chi connectivity index (χ0n) is 11.6. The van der Waals surface area contributed by atoms with Crippen molar-refractivity contribution in [1.29, 1.82) is 0 Å². The SMILES string of the molecule is O=C(c1ncc2cc(Br)ccc2n1)N1C[C@@H]2CCCC[C@@H]21. The van der Waals surface area contributed by atoms with Gasteiger partial charge in [-0.2, -0.15) is 0 Å². The molecule has 4 nitrogen and oxygen atoms in total. The summed E-state index contributed by atoms with van der Waals surface area (Å²) in [5.74, 6) is 1.02. The molecular weight excluding hydrogens is 330 g/mol. The average Bonchev–Trinajstić information content (AvgIpc) is 2.48. The maximum absolute atomic E-state index is 12.6. The number of amides is 1. The van der Waals surface area contributed by atoms with Crippen molar-refractivity contribution in [2.24, 2.45) is 5.92 Å². The zero-order valence-corrected chi connectivity index (χ0v) is 13.2. The second-order valence-corrected chi connectivity index (χ2v) is 6.88. The van der Waals surface area contributed by atoms with Gasteiger partial charge < -0.3 is 4.90 Å². The second-order valence-electron chi connectivity index (χ2n) is 5.97. The van der Waals surface area contributed by atoms with E-state index in [4.69, 9.17) is 0 Å². The third-order valence-corrected chi connectivity index (χ3v) is 5.19. The van der Waals surface area contributed by atoms with Crippen LogP contribution in [0.1, 0.15) is 36.3 Å². The number of carbonyl (C=O) groups excluding carboxylic acids is 1. The lowest BCUT2D eigenvalue weighted by Crippen LogP contribution is -2.59. The molecule has 1 saturated carbocycles. The first-order valence-electron chi connectivity index (χ1n) is 7.45. The van der Waals surface area contributed by atoms with E-state index in [1.54, 1.807) is 6.20 Å². The highest BCUT2D eigenvalue weighted by Crippen LogP contribution is 2.37. The van der Waals surface area contributed by atoms with E-state index in [-0.39, 0.29) is 5.91 Å². The Labute approximate surface area is 131 Å². The predicted octanol–water partition coefficient (Wildman–Crippen LogP) is 3.41. The molecule has 1 aliphatic carbocycles. The molecule has 0 unspecified atom stereocenters. The van der Waals surface area contributed by atoms with Gasteiger partial charge in [0.15, 0.2) is 0 Å². The van der Waals surface area contributed by atoms with Crippen LogP contribution in [0.5, 0.6) is 0 Å². The second kappa shape index (κ2) is 5.05. The van der Waals surface area contributed by atoms with E-state index in [0.29, 0.717) is 17.8 Å². The van der Waals surface area contributed by atoms with E-state index in [1.165, 1.54) is 19.3 Å². The Morgan fingerprint density at radius 2 is 2.14 bits per heavy atom. The summed E-state index contributed by atoms with van der Waals surface area (Å²) in [4.78, 5) is 23.2. The molecule has 0 radical (unpaired) electrons. The smallest absolute Gasteiger partial charge is 0.291 e. The molecule has 2 aliphatic rings. The van der Waals surface area contributed by atoms with Crippen LogP contribution < -0.4 is 0 Å². The lowest BCUT2D eigenvalue weighted by Gasteiger charge is -2.50. The Hall–Kier alpha value is -1.49. The number of likely N-dealkylation sites (tertiary alicyclic amines) is 1. The van der Waals surface area contributed by atoms with Crippen molar-refractivity contribution in [3.8, 4) is 0 Å². The first-order chi connectivity index (χ1) is 10.2. The Bertz CT molecular complexity index is 718. The van der Waals surface area contributed by atoms with Crippen LogP contribution in [0.2, 0.25) is 0 Å². The highest BCUT2D eigenvalue weighted by molar-refractivity contribution is 9.10. The van der Waals surface area contributed by atoms with Gasteiger partial charge in [0.05, 0.1) is 5.52 Å². The summed E-state index contributed by atoms with van der Waals surface area (Å²) in [5, 5.41) is 0.945. The molecule has 21 heavy (non-hydrogen) atoms. The van der Waals surface area contributed by atoms with Crippen molar-refractivity contribution in [3.63, 3.8) is 0 Å². The Kier molecular flexibility index (Phi) is 3.17. The zero-order chi connectivity index (χ0) is 14.4. The summed E-state index contributed by atoms with van der Waals surface area (Å²) in [7, 11) is 0. The van der Waals surface area contributed by atoms with Crippen LogP contribution in [0.4, 0.5) is 0 Å². The summed E-state index contributed by atoms with van der Waals surface area (Å²) in [5.41, 5.74) is 0.817. The largest absolute Gasteiger partial charge is 0.332 e. The van der Waals surface area contributed by atoms with Crippen LogP contribution in [-0.2, 0) is 0 Å². The maximum Gasteiger partial charge on any atom is 0.291 e. The van der Waals surface area contributed by atoms with Crippen LogP contribution in [0.15, 0.2) is 28.9 Å². The number of hydrogen-bond acceptors (Lipinski definition) is 3. The van der Waals surface area contributed by atoms with Crippen LogP contribution in [0, 0.1) is 5.92 Å². The molecule has 0 N–H and O–H groups in total. The summed E-state index contributed by atoms with van der Waals surface area (Å²) in [6, 6.07) is 6.24. The molecule has 0 bridgehead atoms. The van der Waals surface area contributed by atoms with Crippen molar-refractivity contribution in [2.75, 3.05) is 6.54 Å². The molecule has 1 aliphatic heterocycles. The number of halogens is 1. The van der Waals surface area contributed by atoms with Gasteiger partial charge >= 0.3 is 0 Å². The molecule has 108 valence electrons. The molecule has 2 aromatic rings. The van der Waals surface area contributed by atoms with Crippen LogP contribution >= 0.6 is 15.9 Å². The minimum Gasteiger partial charge on any atom is -0.332 e. The third kappa shape index (κ3) is 2.24. The van der Waals surface area contributed by atoms with Gasteiger partial charge in [-0.05, 0) is 37.0 Å². The van der Waals surface area contributed by atoms with Gasteiger partial charge in [-0.1, -0.05) is 28.8 Å². The molecule has 4 rings (SSSR count). The van der Waals surface area contributed by atoms with E-state index in [2.05, 4.69) is 25.9 Å². The topological polar surface area (TPSA) is 46.1 Å². The summed E-state index contributed by atoms with van der Waals surface area (Å²) < 4.78 is 0.991. The van der Waals surface area contributed by atoms with E-state index >= 15 is 0 Å². The third-order valence-electron chi connectivity index (χ3n) is 4.69. The van der Waals surface area contributed by atoms with Crippen LogP contribution in [0.25, 0.3) is 10.9 Å². The number of nitrogens with zero attached hydrogens (tertiary/aromatic N) is 3. The van der Waals surface area contributed by atoms with Crippen molar-refractivity contribution in [3.05, 3.63) is 34.7 Å². The normalized spacial score (nSPS) is 24.5. The standard InChI is InChI=1S/C16H16BrN3O/c17-12-5-6-13-11(7-12)8-18-15(19-13)16(21)20-9-10-3-1-2-4-14(10)20/h5-8,10,14H,1-4,9H2/t10-,14-/m0/s1. The van der Waals surface area contributed by atoms with Crippen molar-refractivity contribution < 1.29 is 4.79 Å². The Morgan fingerprint density at radius 1 is 1.29 bits per heavy atom. The maximum atomic E-state index is 12.6. The van der Waals surface area contributed by atoms with E-state index in [0.717, 1.165) is 28.3 Å². The monoisotopic (exact) mass is 345 g/mol. The molecule has 1 saturated heterocycles. The lowest BCUT2D eigenvalue weighted by atomic mass is 9.77. The quantitative estimate of drug-likeness (QED) is 0.795. The molecule has 2 fully saturated rings. The summed E-state index contributed by atoms with van der Waals surface area (Å²) in [6.45, 7) is 0.880. The summed E-state index contributed by atoms with van der Waals surface area (Å²) >= 11 is 3.43. The molecule has 2 atom stereocenters. The predicted molar refractivity (Wildman–Crippen MR) is 84.0 cm³/mol. The highest BCUT2D eigenvalue weighted by atomic mass is 79.9. The van der Waals surface area contributed by atoms with Gasteiger partial charge in [0, 0.05) is 28.6 Å². The van der Waals surface area contributed by atoms with Gasteiger partial charge in [-0.25, -0.2) is 9.97 Å². The first kappa shape index (κ1) is 13.2. The van der Waals surface area contributed by atoms with Gasteiger partial charge in [0.2, 0.25) is 5.82 Å². The Morgan fingerprint density at radius 3 is 3.00 bits per heavy atom.